The van der Waals surface area contributed by atoms with E-state index in [1.165, 1.54) is 0 Å². The summed E-state index contributed by atoms with van der Waals surface area (Å²) < 4.78 is 0. The largest absolute Gasteiger partial charge is 0.384 e. The van der Waals surface area contributed by atoms with E-state index in [-0.39, 0.29) is 0 Å². The molecule has 0 amide bonds. The van der Waals surface area contributed by atoms with E-state index in [9.17, 15) is 0 Å². The smallest absolute Gasteiger partial charge is 0.189 e. The van der Waals surface area contributed by atoms with Crippen LogP contribution in [0.4, 0.5) is 5.82 Å². The highest BCUT2D eigenvalue weighted by atomic mass is 32.2. The quantitative estimate of drug-likeness (QED) is 0.614. The highest BCUT2D eigenvalue weighted by molar-refractivity contribution is 7.99. The number of nitrogens with two attached hydrogens (primary N) is 1. The van der Waals surface area contributed by atoms with E-state index in [4.69, 9.17) is 5.73 Å². The van der Waals surface area contributed by atoms with Gasteiger partial charge in [-0.3, -0.25) is 0 Å². The lowest BCUT2D eigenvalue weighted by Crippen LogP contribution is -2.02. The number of hydrogen-bond donors (Lipinski definition) is 1. The standard InChI is InChI=1S/C10H17N3S/c1-4-8(5-2)14-10-12-7(3)6-9(11)13-10/h6,8H,4-5H2,1-3H3,(H2,11,12,13). The fourth-order valence-corrected chi connectivity index (χ4v) is 2.21. The molecule has 1 rings (SSSR count). The van der Waals surface area contributed by atoms with Gasteiger partial charge in [0, 0.05) is 17.0 Å². The number of anilines is 1. The van der Waals surface area contributed by atoms with Crippen molar-refractivity contribution in [1.82, 2.24) is 9.97 Å². The molecule has 0 unspecified atom stereocenters. The SMILES string of the molecule is CCC(CC)Sc1nc(C)cc(N)n1. The molecular weight excluding hydrogens is 194 g/mol. The lowest BCUT2D eigenvalue weighted by atomic mass is 10.3. The average Bonchev–Trinajstić information content (AvgIpc) is 2.12. The number of hydrogen-bond acceptors (Lipinski definition) is 4. The summed E-state index contributed by atoms with van der Waals surface area (Å²) in [4.78, 5) is 8.54. The summed E-state index contributed by atoms with van der Waals surface area (Å²) in [5.74, 6) is 0.561. The fourth-order valence-electron chi connectivity index (χ4n) is 1.22. The Morgan fingerprint density at radius 3 is 2.50 bits per heavy atom. The van der Waals surface area contributed by atoms with Crippen molar-refractivity contribution in [2.24, 2.45) is 0 Å². The van der Waals surface area contributed by atoms with Crippen molar-refractivity contribution in [2.75, 3.05) is 5.73 Å². The summed E-state index contributed by atoms with van der Waals surface area (Å²) in [6.07, 6.45) is 2.27. The lowest BCUT2D eigenvalue weighted by Gasteiger charge is -2.10. The molecule has 1 aromatic heterocycles. The van der Waals surface area contributed by atoms with Crippen molar-refractivity contribution < 1.29 is 0 Å². The van der Waals surface area contributed by atoms with Crippen molar-refractivity contribution in [1.29, 1.82) is 0 Å². The van der Waals surface area contributed by atoms with Crippen LogP contribution in [0.1, 0.15) is 32.4 Å². The average molecular weight is 211 g/mol. The number of nitrogens with zero attached hydrogens (tertiary/aromatic N) is 2. The van der Waals surface area contributed by atoms with Crippen LogP contribution in [-0.2, 0) is 0 Å². The van der Waals surface area contributed by atoms with Gasteiger partial charge in [0.2, 0.25) is 0 Å². The molecule has 0 spiro atoms. The summed E-state index contributed by atoms with van der Waals surface area (Å²) in [6, 6.07) is 1.79. The molecule has 2 N–H and O–H groups in total. The first kappa shape index (κ1) is 11.3. The van der Waals surface area contributed by atoms with E-state index in [1.807, 2.05) is 6.92 Å². The molecule has 1 aromatic rings. The van der Waals surface area contributed by atoms with Gasteiger partial charge in [0.15, 0.2) is 5.16 Å². The number of rotatable bonds is 4. The second-order valence-electron chi connectivity index (χ2n) is 3.27. The Morgan fingerprint density at radius 1 is 1.36 bits per heavy atom. The van der Waals surface area contributed by atoms with Crippen LogP contribution in [0.2, 0.25) is 0 Å². The predicted octanol–water partition coefficient (Wildman–Crippen LogP) is 2.65. The van der Waals surface area contributed by atoms with E-state index >= 15 is 0 Å². The molecule has 78 valence electrons. The molecular formula is C10H17N3S. The van der Waals surface area contributed by atoms with Crippen LogP contribution in [0.5, 0.6) is 0 Å². The summed E-state index contributed by atoms with van der Waals surface area (Å²) >= 11 is 1.71. The van der Waals surface area contributed by atoms with E-state index in [2.05, 4.69) is 23.8 Å². The van der Waals surface area contributed by atoms with Crippen LogP contribution >= 0.6 is 11.8 Å². The molecule has 0 aliphatic heterocycles. The molecule has 4 heteroatoms. The Balaban J connectivity index is 2.75. The maximum absolute atomic E-state index is 5.65. The van der Waals surface area contributed by atoms with Gasteiger partial charge in [-0.05, 0) is 19.8 Å². The maximum atomic E-state index is 5.65. The zero-order valence-electron chi connectivity index (χ0n) is 8.95. The molecule has 1 heterocycles. The van der Waals surface area contributed by atoms with E-state index in [0.717, 1.165) is 23.7 Å². The molecule has 0 atom stereocenters. The van der Waals surface area contributed by atoms with Gasteiger partial charge in [0.1, 0.15) is 5.82 Å². The summed E-state index contributed by atoms with van der Waals surface area (Å²) in [5, 5.41) is 1.40. The van der Waals surface area contributed by atoms with Gasteiger partial charge in [0.05, 0.1) is 0 Å². The molecule has 3 nitrogen and oxygen atoms in total. The maximum Gasteiger partial charge on any atom is 0.189 e. The third-order valence-corrected chi connectivity index (χ3v) is 3.43. The molecule has 0 aliphatic carbocycles. The van der Waals surface area contributed by atoms with Gasteiger partial charge < -0.3 is 5.73 Å². The Bertz CT molecular complexity index is 277. The molecule has 0 aliphatic rings. The van der Waals surface area contributed by atoms with Gasteiger partial charge >= 0.3 is 0 Å². The Kier molecular flexibility index (Phi) is 4.20. The van der Waals surface area contributed by atoms with Crippen LogP contribution in [0, 0.1) is 6.92 Å². The molecule has 14 heavy (non-hydrogen) atoms. The topological polar surface area (TPSA) is 51.8 Å². The van der Waals surface area contributed by atoms with Gasteiger partial charge in [-0.2, -0.15) is 0 Å². The molecule has 0 aromatic carbocycles. The van der Waals surface area contributed by atoms with Gasteiger partial charge in [0.25, 0.3) is 0 Å². The molecule has 0 radical (unpaired) electrons. The van der Waals surface area contributed by atoms with Crippen LogP contribution in [0.3, 0.4) is 0 Å². The van der Waals surface area contributed by atoms with E-state index in [0.29, 0.717) is 11.1 Å². The van der Waals surface area contributed by atoms with Crippen molar-refractivity contribution in [3.8, 4) is 0 Å². The first-order chi connectivity index (χ1) is 6.65. The number of thioether (sulfide) groups is 1. The molecule has 0 bridgehead atoms. The van der Waals surface area contributed by atoms with Crippen LogP contribution in [0.15, 0.2) is 11.2 Å². The third kappa shape index (κ3) is 3.18. The molecule has 0 saturated heterocycles. The Morgan fingerprint density at radius 2 is 2.00 bits per heavy atom. The Labute approximate surface area is 89.5 Å². The number of aryl methyl sites for hydroxylation is 1. The highest BCUT2D eigenvalue weighted by Crippen LogP contribution is 2.24. The lowest BCUT2D eigenvalue weighted by molar-refractivity contribution is 0.784. The number of aromatic nitrogens is 2. The minimum Gasteiger partial charge on any atom is -0.384 e. The second-order valence-corrected chi connectivity index (χ2v) is 4.54. The van der Waals surface area contributed by atoms with Crippen molar-refractivity contribution in [2.45, 2.75) is 44.0 Å². The van der Waals surface area contributed by atoms with E-state index < -0.39 is 0 Å². The van der Waals surface area contributed by atoms with Crippen molar-refractivity contribution in [3.63, 3.8) is 0 Å². The summed E-state index contributed by atoms with van der Waals surface area (Å²) in [5.41, 5.74) is 6.59. The molecule has 0 fully saturated rings. The normalized spacial score (nSPS) is 10.9. The van der Waals surface area contributed by atoms with E-state index in [1.54, 1.807) is 17.8 Å². The van der Waals surface area contributed by atoms with Crippen molar-refractivity contribution in [3.05, 3.63) is 11.8 Å². The zero-order chi connectivity index (χ0) is 10.6. The Hall–Kier alpha value is -0.770. The fraction of sp³-hybridized carbons (Fsp3) is 0.600. The zero-order valence-corrected chi connectivity index (χ0v) is 9.77. The number of nitrogen functional groups attached to an aromatic ring is 1. The predicted molar refractivity (Wildman–Crippen MR) is 61.4 cm³/mol. The first-order valence-corrected chi connectivity index (χ1v) is 5.81. The van der Waals surface area contributed by atoms with Gasteiger partial charge in [-0.25, -0.2) is 9.97 Å². The van der Waals surface area contributed by atoms with Crippen LogP contribution < -0.4 is 5.73 Å². The third-order valence-electron chi connectivity index (χ3n) is 2.04. The monoisotopic (exact) mass is 211 g/mol. The van der Waals surface area contributed by atoms with Crippen LogP contribution in [-0.4, -0.2) is 15.2 Å². The second kappa shape index (κ2) is 5.20. The van der Waals surface area contributed by atoms with Crippen molar-refractivity contribution >= 4 is 17.6 Å². The van der Waals surface area contributed by atoms with Crippen LogP contribution in [0.25, 0.3) is 0 Å². The summed E-state index contributed by atoms with van der Waals surface area (Å²) in [6.45, 7) is 6.30. The summed E-state index contributed by atoms with van der Waals surface area (Å²) in [7, 11) is 0. The first-order valence-electron chi connectivity index (χ1n) is 4.93. The van der Waals surface area contributed by atoms with Gasteiger partial charge in [-0.15, -0.1) is 0 Å². The highest BCUT2D eigenvalue weighted by Gasteiger charge is 2.08. The minimum atomic E-state index is 0.561. The molecule has 0 saturated carbocycles. The van der Waals surface area contributed by atoms with Gasteiger partial charge in [-0.1, -0.05) is 25.6 Å². The minimum absolute atomic E-state index is 0.561.